The third kappa shape index (κ3) is 3.42. The van der Waals surface area contributed by atoms with Crippen molar-refractivity contribution >= 4 is 11.3 Å². The lowest BCUT2D eigenvalue weighted by atomic mass is 10.1. The van der Waals surface area contributed by atoms with E-state index in [0.717, 1.165) is 22.7 Å². The van der Waals surface area contributed by atoms with Crippen molar-refractivity contribution in [2.24, 2.45) is 0 Å². The summed E-state index contributed by atoms with van der Waals surface area (Å²) in [7, 11) is 0. The molecule has 2 atom stereocenters. The Labute approximate surface area is 123 Å². The smallest absolute Gasteiger partial charge is 0.125 e. The largest absolute Gasteiger partial charge is 0.395 e. The standard InChI is InChI=1S/C15H21N3OS/c1-4-13(9-19)17-10(2)14-11(3)18-15(20-14)12-6-5-7-16-8-12/h5-8,10,13,17,19H,4,9H2,1-3H3. The number of thiazole rings is 1. The van der Waals surface area contributed by atoms with E-state index >= 15 is 0 Å². The lowest BCUT2D eigenvalue weighted by Gasteiger charge is -2.19. The Morgan fingerprint density at radius 2 is 2.25 bits per heavy atom. The SMILES string of the molecule is CCC(CO)NC(C)c1sc(-c2cccnc2)nc1C. The van der Waals surface area contributed by atoms with Gasteiger partial charge in [0, 0.05) is 34.9 Å². The number of hydrogen-bond donors (Lipinski definition) is 2. The number of pyridine rings is 1. The number of nitrogens with zero attached hydrogens (tertiary/aromatic N) is 2. The van der Waals surface area contributed by atoms with E-state index in [-0.39, 0.29) is 18.7 Å². The Morgan fingerprint density at radius 3 is 2.85 bits per heavy atom. The van der Waals surface area contributed by atoms with Gasteiger partial charge < -0.3 is 10.4 Å². The average Bonchev–Trinajstić information content (AvgIpc) is 2.87. The predicted octanol–water partition coefficient (Wildman–Crippen LogP) is 2.94. The third-order valence-corrected chi connectivity index (χ3v) is 4.72. The molecule has 0 bridgehead atoms. The molecule has 0 saturated heterocycles. The maximum absolute atomic E-state index is 9.29. The first-order chi connectivity index (χ1) is 9.65. The summed E-state index contributed by atoms with van der Waals surface area (Å²) in [5, 5.41) is 13.7. The average molecular weight is 291 g/mol. The minimum absolute atomic E-state index is 0.133. The molecular formula is C15H21N3OS. The van der Waals surface area contributed by atoms with Crippen molar-refractivity contribution in [3.8, 4) is 10.6 Å². The molecule has 0 aliphatic heterocycles. The highest BCUT2D eigenvalue weighted by molar-refractivity contribution is 7.15. The number of aliphatic hydroxyl groups excluding tert-OH is 1. The molecular weight excluding hydrogens is 270 g/mol. The number of rotatable bonds is 6. The van der Waals surface area contributed by atoms with Crippen LogP contribution >= 0.6 is 11.3 Å². The van der Waals surface area contributed by atoms with E-state index in [1.54, 1.807) is 17.5 Å². The Balaban J connectivity index is 2.19. The number of nitrogens with one attached hydrogen (secondary N) is 1. The van der Waals surface area contributed by atoms with E-state index in [2.05, 4.69) is 29.1 Å². The molecule has 2 N–H and O–H groups in total. The molecule has 2 unspecified atom stereocenters. The van der Waals surface area contributed by atoms with Crippen molar-refractivity contribution in [3.05, 3.63) is 35.1 Å². The first-order valence-corrected chi connectivity index (χ1v) is 7.72. The van der Waals surface area contributed by atoms with Crippen LogP contribution in [0, 0.1) is 6.92 Å². The summed E-state index contributed by atoms with van der Waals surface area (Å²) >= 11 is 1.69. The van der Waals surface area contributed by atoms with Crippen LogP contribution in [0.15, 0.2) is 24.5 Å². The predicted molar refractivity (Wildman–Crippen MR) is 82.8 cm³/mol. The molecule has 0 aromatic carbocycles. The van der Waals surface area contributed by atoms with E-state index in [4.69, 9.17) is 0 Å². The fraction of sp³-hybridized carbons (Fsp3) is 0.467. The van der Waals surface area contributed by atoms with Crippen molar-refractivity contribution in [2.45, 2.75) is 39.3 Å². The maximum atomic E-state index is 9.29. The number of hydrogen-bond acceptors (Lipinski definition) is 5. The zero-order chi connectivity index (χ0) is 14.5. The zero-order valence-electron chi connectivity index (χ0n) is 12.1. The van der Waals surface area contributed by atoms with Gasteiger partial charge in [-0.1, -0.05) is 6.92 Å². The Morgan fingerprint density at radius 1 is 1.45 bits per heavy atom. The van der Waals surface area contributed by atoms with E-state index in [1.807, 2.05) is 25.3 Å². The molecule has 0 spiro atoms. The van der Waals surface area contributed by atoms with Gasteiger partial charge in [-0.3, -0.25) is 4.98 Å². The monoisotopic (exact) mass is 291 g/mol. The molecule has 0 aliphatic carbocycles. The first kappa shape index (κ1) is 15.1. The van der Waals surface area contributed by atoms with Gasteiger partial charge in [0.1, 0.15) is 5.01 Å². The van der Waals surface area contributed by atoms with Crippen LogP contribution in [0.4, 0.5) is 0 Å². The van der Waals surface area contributed by atoms with Crippen molar-refractivity contribution in [1.82, 2.24) is 15.3 Å². The number of aryl methyl sites for hydroxylation is 1. The Hall–Kier alpha value is -1.30. The highest BCUT2D eigenvalue weighted by atomic mass is 32.1. The van der Waals surface area contributed by atoms with Crippen LogP contribution in [0.3, 0.4) is 0 Å². The molecule has 0 amide bonds. The molecule has 2 aromatic heterocycles. The fourth-order valence-corrected chi connectivity index (χ4v) is 3.22. The molecule has 2 heterocycles. The zero-order valence-corrected chi connectivity index (χ0v) is 12.9. The molecule has 108 valence electrons. The fourth-order valence-electron chi connectivity index (χ4n) is 2.15. The van der Waals surface area contributed by atoms with Crippen LogP contribution < -0.4 is 5.32 Å². The molecule has 4 nitrogen and oxygen atoms in total. The second kappa shape index (κ2) is 6.92. The van der Waals surface area contributed by atoms with Gasteiger partial charge in [0.25, 0.3) is 0 Å². The van der Waals surface area contributed by atoms with Gasteiger partial charge in [-0.2, -0.15) is 0 Å². The first-order valence-electron chi connectivity index (χ1n) is 6.90. The molecule has 0 fully saturated rings. The number of aliphatic hydroxyl groups is 1. The van der Waals surface area contributed by atoms with Crippen LogP contribution in [-0.4, -0.2) is 27.7 Å². The third-order valence-electron chi connectivity index (χ3n) is 3.33. The summed E-state index contributed by atoms with van der Waals surface area (Å²) in [6.07, 6.45) is 4.51. The van der Waals surface area contributed by atoms with Gasteiger partial charge in [0.15, 0.2) is 0 Å². The van der Waals surface area contributed by atoms with Crippen LogP contribution in [0.25, 0.3) is 10.6 Å². The summed E-state index contributed by atoms with van der Waals surface area (Å²) in [6, 6.07) is 4.27. The summed E-state index contributed by atoms with van der Waals surface area (Å²) in [4.78, 5) is 9.99. The molecule has 0 saturated carbocycles. The van der Waals surface area contributed by atoms with E-state index in [0.29, 0.717) is 0 Å². The molecule has 0 radical (unpaired) electrons. The van der Waals surface area contributed by atoms with Crippen LogP contribution in [0.2, 0.25) is 0 Å². The van der Waals surface area contributed by atoms with Gasteiger partial charge in [0.2, 0.25) is 0 Å². The van der Waals surface area contributed by atoms with E-state index in [1.165, 1.54) is 4.88 Å². The minimum atomic E-state index is 0.133. The second-order valence-electron chi connectivity index (χ2n) is 4.89. The highest BCUT2D eigenvalue weighted by Crippen LogP contribution is 2.31. The summed E-state index contributed by atoms with van der Waals surface area (Å²) in [5.74, 6) is 0. The molecule has 2 rings (SSSR count). The van der Waals surface area contributed by atoms with E-state index < -0.39 is 0 Å². The van der Waals surface area contributed by atoms with Gasteiger partial charge in [-0.15, -0.1) is 11.3 Å². The highest BCUT2D eigenvalue weighted by Gasteiger charge is 2.17. The summed E-state index contributed by atoms with van der Waals surface area (Å²) in [6.45, 7) is 6.38. The van der Waals surface area contributed by atoms with Crippen LogP contribution in [0.5, 0.6) is 0 Å². The van der Waals surface area contributed by atoms with Crippen LogP contribution in [0.1, 0.15) is 36.9 Å². The molecule has 20 heavy (non-hydrogen) atoms. The lowest BCUT2D eigenvalue weighted by Crippen LogP contribution is -2.33. The Bertz CT molecular complexity index is 537. The Kier molecular flexibility index (Phi) is 5.23. The van der Waals surface area contributed by atoms with Crippen molar-refractivity contribution < 1.29 is 5.11 Å². The van der Waals surface area contributed by atoms with Crippen molar-refractivity contribution in [3.63, 3.8) is 0 Å². The molecule has 0 aliphatic rings. The van der Waals surface area contributed by atoms with Crippen molar-refractivity contribution in [1.29, 1.82) is 0 Å². The maximum Gasteiger partial charge on any atom is 0.125 e. The normalized spacial score (nSPS) is 14.2. The van der Waals surface area contributed by atoms with Crippen molar-refractivity contribution in [2.75, 3.05) is 6.61 Å². The molecule has 5 heteroatoms. The van der Waals surface area contributed by atoms with Gasteiger partial charge in [-0.05, 0) is 32.4 Å². The van der Waals surface area contributed by atoms with Gasteiger partial charge in [0.05, 0.1) is 12.3 Å². The van der Waals surface area contributed by atoms with Gasteiger partial charge in [-0.25, -0.2) is 4.98 Å². The number of aromatic nitrogens is 2. The second-order valence-corrected chi connectivity index (χ2v) is 5.92. The quantitative estimate of drug-likeness (QED) is 0.859. The van der Waals surface area contributed by atoms with E-state index in [9.17, 15) is 5.11 Å². The molecule has 2 aromatic rings. The minimum Gasteiger partial charge on any atom is -0.395 e. The summed E-state index contributed by atoms with van der Waals surface area (Å²) in [5.41, 5.74) is 2.09. The van der Waals surface area contributed by atoms with Crippen LogP contribution in [-0.2, 0) is 0 Å². The lowest BCUT2D eigenvalue weighted by molar-refractivity contribution is 0.230. The van der Waals surface area contributed by atoms with Gasteiger partial charge >= 0.3 is 0 Å². The summed E-state index contributed by atoms with van der Waals surface area (Å²) < 4.78 is 0. The topological polar surface area (TPSA) is 58.0 Å².